The van der Waals surface area contributed by atoms with E-state index in [1.54, 1.807) is 31.2 Å². The minimum absolute atomic E-state index is 0.0791. The lowest BCUT2D eigenvalue weighted by Crippen LogP contribution is -2.01. The van der Waals surface area contributed by atoms with Crippen molar-refractivity contribution in [2.45, 2.75) is 6.92 Å². The van der Waals surface area contributed by atoms with E-state index in [1.165, 1.54) is 18.2 Å². The molecule has 2 nitrogen and oxygen atoms in total. The average Bonchev–Trinajstić information content (AvgIpc) is 2.42. The first kappa shape index (κ1) is 14.5. The van der Waals surface area contributed by atoms with Gasteiger partial charge >= 0.3 is 0 Å². The zero-order valence-electron chi connectivity index (χ0n) is 10.9. The number of carbonyl (C=O) groups excluding carboxylic acids is 1. The predicted molar refractivity (Wildman–Crippen MR) is 82.3 cm³/mol. The van der Waals surface area contributed by atoms with Crippen molar-refractivity contribution in [1.82, 2.24) is 0 Å². The molecule has 0 unspecified atom stereocenters. The Morgan fingerprint density at radius 1 is 1.10 bits per heavy atom. The minimum Gasteiger partial charge on any atom is -0.359 e. The number of benzene rings is 2. The van der Waals surface area contributed by atoms with Gasteiger partial charge in [-0.15, -0.1) is 0 Å². The average molecular weight is 334 g/mol. The van der Waals surface area contributed by atoms with Crippen molar-refractivity contribution in [3.05, 3.63) is 76.2 Å². The highest BCUT2D eigenvalue weighted by Gasteiger charge is 2.03. The maximum absolute atomic E-state index is 12.8. The first-order chi connectivity index (χ1) is 9.54. The summed E-state index contributed by atoms with van der Waals surface area (Å²) in [6.45, 7) is 1.79. The number of ketones is 1. The van der Waals surface area contributed by atoms with Crippen molar-refractivity contribution < 1.29 is 9.18 Å². The molecule has 0 aliphatic heterocycles. The molecule has 1 N–H and O–H groups in total. The summed E-state index contributed by atoms with van der Waals surface area (Å²) in [5.41, 5.74) is 2.06. The third-order valence-corrected chi connectivity index (χ3v) is 3.19. The summed E-state index contributed by atoms with van der Waals surface area (Å²) in [6, 6.07) is 13.1. The molecular formula is C16H13BrFNO. The van der Waals surface area contributed by atoms with Gasteiger partial charge < -0.3 is 5.32 Å². The van der Waals surface area contributed by atoms with Gasteiger partial charge in [0.05, 0.1) is 0 Å². The normalized spacial score (nSPS) is 11.2. The van der Waals surface area contributed by atoms with Crippen LogP contribution >= 0.6 is 15.9 Å². The van der Waals surface area contributed by atoms with Crippen LogP contribution in [-0.4, -0.2) is 5.78 Å². The van der Waals surface area contributed by atoms with Gasteiger partial charge in [-0.1, -0.05) is 15.9 Å². The minimum atomic E-state index is -0.289. The van der Waals surface area contributed by atoms with Crippen LogP contribution < -0.4 is 5.32 Å². The predicted octanol–water partition coefficient (Wildman–Crippen LogP) is 4.79. The molecule has 0 aliphatic carbocycles. The van der Waals surface area contributed by atoms with Gasteiger partial charge in [-0.2, -0.15) is 0 Å². The van der Waals surface area contributed by atoms with Gasteiger partial charge in [-0.3, -0.25) is 4.79 Å². The highest BCUT2D eigenvalue weighted by molar-refractivity contribution is 9.10. The van der Waals surface area contributed by atoms with Gasteiger partial charge in [0, 0.05) is 27.5 Å². The lowest BCUT2D eigenvalue weighted by molar-refractivity contribution is 0.104. The largest absolute Gasteiger partial charge is 0.359 e. The number of halogens is 2. The molecule has 0 atom stereocenters. The Balaban J connectivity index is 2.07. The van der Waals surface area contributed by atoms with Crippen LogP contribution in [0.5, 0.6) is 0 Å². The Bertz CT molecular complexity index is 633. The Morgan fingerprint density at radius 3 is 2.30 bits per heavy atom. The SMILES string of the molecule is C/C(=C\C(=O)c1ccc(Br)cc1)Nc1ccc(F)cc1. The quantitative estimate of drug-likeness (QED) is 0.644. The van der Waals surface area contributed by atoms with E-state index in [-0.39, 0.29) is 11.6 Å². The summed E-state index contributed by atoms with van der Waals surface area (Å²) in [5.74, 6) is -0.368. The summed E-state index contributed by atoms with van der Waals surface area (Å²) in [4.78, 5) is 12.0. The molecule has 0 aromatic heterocycles. The molecule has 2 aromatic carbocycles. The van der Waals surface area contributed by atoms with Crippen LogP contribution in [0.3, 0.4) is 0 Å². The lowest BCUT2D eigenvalue weighted by atomic mass is 10.1. The standard InChI is InChI=1S/C16H13BrFNO/c1-11(19-15-8-6-14(18)7-9-15)10-16(20)12-2-4-13(17)5-3-12/h2-10,19H,1H3/b11-10+. The van der Waals surface area contributed by atoms with Crippen LogP contribution in [0.4, 0.5) is 10.1 Å². The van der Waals surface area contributed by atoms with E-state index in [4.69, 9.17) is 0 Å². The second-order valence-electron chi connectivity index (χ2n) is 4.33. The van der Waals surface area contributed by atoms with E-state index < -0.39 is 0 Å². The Hall–Kier alpha value is -1.94. The number of carbonyl (C=O) groups is 1. The molecule has 0 radical (unpaired) electrons. The van der Waals surface area contributed by atoms with E-state index in [0.717, 1.165) is 10.2 Å². The maximum atomic E-state index is 12.8. The molecule has 0 bridgehead atoms. The van der Waals surface area contributed by atoms with E-state index >= 15 is 0 Å². The molecule has 20 heavy (non-hydrogen) atoms. The van der Waals surface area contributed by atoms with Crippen molar-refractivity contribution in [2.24, 2.45) is 0 Å². The highest BCUT2D eigenvalue weighted by atomic mass is 79.9. The molecule has 0 heterocycles. The number of anilines is 1. The summed E-state index contributed by atoms with van der Waals surface area (Å²) in [7, 11) is 0. The Morgan fingerprint density at radius 2 is 1.70 bits per heavy atom. The fourth-order valence-corrected chi connectivity index (χ4v) is 1.96. The number of allylic oxidation sites excluding steroid dienone is 2. The smallest absolute Gasteiger partial charge is 0.187 e. The molecular weight excluding hydrogens is 321 g/mol. The number of nitrogens with one attached hydrogen (secondary N) is 1. The zero-order valence-corrected chi connectivity index (χ0v) is 12.4. The van der Waals surface area contributed by atoms with E-state index in [2.05, 4.69) is 21.2 Å². The first-order valence-corrected chi connectivity index (χ1v) is 6.85. The van der Waals surface area contributed by atoms with Gasteiger partial charge in [0.25, 0.3) is 0 Å². The second kappa shape index (κ2) is 6.48. The van der Waals surface area contributed by atoms with Crippen LogP contribution in [0.2, 0.25) is 0 Å². The monoisotopic (exact) mass is 333 g/mol. The fraction of sp³-hybridized carbons (Fsp3) is 0.0625. The highest BCUT2D eigenvalue weighted by Crippen LogP contribution is 2.14. The number of hydrogen-bond acceptors (Lipinski definition) is 2. The van der Waals surface area contributed by atoms with Crippen molar-refractivity contribution in [2.75, 3.05) is 5.32 Å². The van der Waals surface area contributed by atoms with Crippen LogP contribution in [0.15, 0.2) is 64.8 Å². The third kappa shape index (κ3) is 4.03. The van der Waals surface area contributed by atoms with E-state index in [1.807, 2.05) is 12.1 Å². The van der Waals surface area contributed by atoms with Crippen LogP contribution in [-0.2, 0) is 0 Å². The summed E-state index contributed by atoms with van der Waals surface area (Å²) >= 11 is 3.33. The Labute approximate surface area is 125 Å². The molecule has 4 heteroatoms. The van der Waals surface area contributed by atoms with Crippen molar-refractivity contribution in [3.8, 4) is 0 Å². The molecule has 0 saturated carbocycles. The maximum Gasteiger partial charge on any atom is 0.187 e. The molecule has 2 aromatic rings. The molecule has 0 aliphatic rings. The number of rotatable bonds is 4. The van der Waals surface area contributed by atoms with E-state index in [0.29, 0.717) is 11.3 Å². The molecule has 102 valence electrons. The van der Waals surface area contributed by atoms with Crippen LogP contribution in [0, 0.1) is 5.82 Å². The van der Waals surface area contributed by atoms with Gasteiger partial charge in [0.1, 0.15) is 5.82 Å². The lowest BCUT2D eigenvalue weighted by Gasteiger charge is -2.06. The second-order valence-corrected chi connectivity index (χ2v) is 5.25. The van der Waals surface area contributed by atoms with Crippen molar-refractivity contribution in [3.63, 3.8) is 0 Å². The van der Waals surface area contributed by atoms with E-state index in [9.17, 15) is 9.18 Å². The fourth-order valence-electron chi connectivity index (χ4n) is 1.69. The topological polar surface area (TPSA) is 29.1 Å². The zero-order chi connectivity index (χ0) is 14.5. The molecule has 2 rings (SSSR count). The van der Waals surface area contributed by atoms with Crippen LogP contribution in [0.25, 0.3) is 0 Å². The van der Waals surface area contributed by atoms with Gasteiger partial charge in [-0.25, -0.2) is 4.39 Å². The summed E-state index contributed by atoms with van der Waals surface area (Å²) in [6.07, 6.45) is 1.52. The molecule has 0 amide bonds. The van der Waals surface area contributed by atoms with Gasteiger partial charge in [0.2, 0.25) is 0 Å². The third-order valence-electron chi connectivity index (χ3n) is 2.66. The molecule has 0 fully saturated rings. The Kier molecular flexibility index (Phi) is 4.69. The first-order valence-electron chi connectivity index (χ1n) is 6.05. The van der Waals surface area contributed by atoms with Crippen molar-refractivity contribution in [1.29, 1.82) is 0 Å². The molecule has 0 saturated heterocycles. The van der Waals surface area contributed by atoms with Gasteiger partial charge in [-0.05, 0) is 55.5 Å². The number of hydrogen-bond donors (Lipinski definition) is 1. The molecule has 0 spiro atoms. The summed E-state index contributed by atoms with van der Waals surface area (Å²) in [5, 5.41) is 3.05. The van der Waals surface area contributed by atoms with Crippen molar-refractivity contribution >= 4 is 27.4 Å². The summed E-state index contributed by atoms with van der Waals surface area (Å²) < 4.78 is 13.7. The van der Waals surface area contributed by atoms with Crippen LogP contribution in [0.1, 0.15) is 17.3 Å². The van der Waals surface area contributed by atoms with Gasteiger partial charge in [0.15, 0.2) is 5.78 Å².